The first-order valence-corrected chi connectivity index (χ1v) is 5.10. The normalized spacial score (nSPS) is 9.29. The molecule has 0 saturated carbocycles. The minimum Gasteiger partial charge on any atom is -0.496 e. The summed E-state index contributed by atoms with van der Waals surface area (Å²) in [5.74, 6) is 1.33. The van der Waals surface area contributed by atoms with Crippen LogP contribution in [0.1, 0.15) is 11.1 Å². The van der Waals surface area contributed by atoms with Crippen LogP contribution in [0, 0.1) is 11.3 Å². The largest absolute Gasteiger partial charge is 0.496 e. The fourth-order valence-corrected chi connectivity index (χ4v) is 1.73. The molecule has 0 spiro atoms. The number of rotatable bonds is 3. The van der Waals surface area contributed by atoms with Crippen LogP contribution in [0.25, 0.3) is 0 Å². The van der Waals surface area contributed by atoms with E-state index in [9.17, 15) is 0 Å². The summed E-state index contributed by atoms with van der Waals surface area (Å²) in [7, 11) is 3.14. The molecule has 0 heterocycles. The van der Waals surface area contributed by atoms with E-state index >= 15 is 0 Å². The van der Waals surface area contributed by atoms with Gasteiger partial charge in [0.25, 0.3) is 0 Å². The van der Waals surface area contributed by atoms with Crippen molar-refractivity contribution >= 4 is 15.9 Å². The number of nitrogens with zero attached hydrogens (tertiary/aromatic N) is 1. The molecule has 0 atom stereocenters. The molecule has 1 rings (SSSR count). The average molecular weight is 256 g/mol. The first-order chi connectivity index (χ1) is 6.76. The van der Waals surface area contributed by atoms with Gasteiger partial charge in [-0.05, 0) is 12.1 Å². The maximum absolute atomic E-state index is 8.77. The van der Waals surface area contributed by atoms with Crippen LogP contribution >= 0.6 is 15.9 Å². The molecule has 0 radical (unpaired) electrons. The van der Waals surface area contributed by atoms with Crippen molar-refractivity contribution in [2.24, 2.45) is 0 Å². The second-order valence-corrected chi connectivity index (χ2v) is 3.17. The Kier molecular flexibility index (Phi) is 3.78. The average Bonchev–Trinajstić information content (AvgIpc) is 2.26. The van der Waals surface area contributed by atoms with E-state index in [-0.39, 0.29) is 0 Å². The molecule has 3 nitrogen and oxygen atoms in total. The standard InChI is InChI=1S/C10H10BrNO2/c1-13-9-3-7(6-12)4-10(14-2)8(9)5-11/h3-4H,5H2,1-2H3. The van der Waals surface area contributed by atoms with Gasteiger partial charge in [0.05, 0.1) is 25.9 Å². The van der Waals surface area contributed by atoms with Crippen LogP contribution < -0.4 is 9.47 Å². The molecule has 0 aliphatic carbocycles. The Hall–Kier alpha value is -1.21. The summed E-state index contributed by atoms with van der Waals surface area (Å²) in [5, 5.41) is 9.40. The maximum atomic E-state index is 8.77. The predicted molar refractivity (Wildman–Crippen MR) is 56.9 cm³/mol. The number of ether oxygens (including phenoxy) is 2. The lowest BCUT2D eigenvalue weighted by molar-refractivity contribution is 0.388. The zero-order valence-electron chi connectivity index (χ0n) is 8.00. The third kappa shape index (κ3) is 1.99. The highest BCUT2D eigenvalue weighted by Crippen LogP contribution is 2.31. The maximum Gasteiger partial charge on any atom is 0.127 e. The van der Waals surface area contributed by atoms with Crippen LogP contribution in [0.5, 0.6) is 11.5 Å². The number of hydrogen-bond acceptors (Lipinski definition) is 3. The Labute approximate surface area is 91.4 Å². The van der Waals surface area contributed by atoms with Gasteiger partial charge in [-0.1, -0.05) is 15.9 Å². The van der Waals surface area contributed by atoms with Crippen LogP contribution in [0.15, 0.2) is 12.1 Å². The third-order valence-corrected chi connectivity index (χ3v) is 2.43. The Morgan fingerprint density at radius 2 is 1.79 bits per heavy atom. The Morgan fingerprint density at radius 1 is 1.29 bits per heavy atom. The summed E-state index contributed by atoms with van der Waals surface area (Å²) in [4.78, 5) is 0. The molecule has 0 aliphatic rings. The Balaban J connectivity index is 3.33. The second kappa shape index (κ2) is 4.87. The van der Waals surface area contributed by atoms with Crippen molar-refractivity contribution < 1.29 is 9.47 Å². The van der Waals surface area contributed by atoms with Gasteiger partial charge in [-0.25, -0.2) is 0 Å². The summed E-state index contributed by atoms with van der Waals surface area (Å²) in [6.45, 7) is 0. The van der Waals surface area contributed by atoms with Crippen molar-refractivity contribution in [3.63, 3.8) is 0 Å². The van der Waals surface area contributed by atoms with Gasteiger partial charge in [0, 0.05) is 10.9 Å². The Morgan fingerprint density at radius 3 is 2.07 bits per heavy atom. The summed E-state index contributed by atoms with van der Waals surface area (Å²) < 4.78 is 10.3. The molecule has 1 aromatic carbocycles. The van der Waals surface area contributed by atoms with Gasteiger partial charge >= 0.3 is 0 Å². The van der Waals surface area contributed by atoms with Crippen molar-refractivity contribution in [3.8, 4) is 17.6 Å². The number of methoxy groups -OCH3 is 2. The van der Waals surface area contributed by atoms with Gasteiger partial charge < -0.3 is 9.47 Å². The highest BCUT2D eigenvalue weighted by Gasteiger charge is 2.10. The molecule has 0 bridgehead atoms. The van der Waals surface area contributed by atoms with E-state index in [1.54, 1.807) is 26.4 Å². The first-order valence-electron chi connectivity index (χ1n) is 3.97. The monoisotopic (exact) mass is 255 g/mol. The van der Waals surface area contributed by atoms with Crippen LogP contribution in [0.4, 0.5) is 0 Å². The lowest BCUT2D eigenvalue weighted by Gasteiger charge is -2.11. The van der Waals surface area contributed by atoms with Gasteiger partial charge in [-0.2, -0.15) is 5.26 Å². The minimum absolute atomic E-state index is 0.531. The summed E-state index contributed by atoms with van der Waals surface area (Å²) in [6, 6.07) is 5.44. The summed E-state index contributed by atoms with van der Waals surface area (Å²) >= 11 is 3.34. The zero-order valence-corrected chi connectivity index (χ0v) is 9.59. The van der Waals surface area contributed by atoms with E-state index in [1.807, 2.05) is 0 Å². The van der Waals surface area contributed by atoms with Crippen LogP contribution in [0.2, 0.25) is 0 Å². The van der Waals surface area contributed by atoms with E-state index in [1.165, 1.54) is 0 Å². The predicted octanol–water partition coefficient (Wildman–Crippen LogP) is 2.47. The van der Waals surface area contributed by atoms with E-state index < -0.39 is 0 Å². The second-order valence-electron chi connectivity index (χ2n) is 2.60. The number of nitriles is 1. The first kappa shape index (κ1) is 10.9. The van der Waals surface area contributed by atoms with Gasteiger partial charge in [-0.3, -0.25) is 0 Å². The molecule has 0 amide bonds. The summed E-state index contributed by atoms with van der Waals surface area (Å²) in [5.41, 5.74) is 1.44. The van der Waals surface area contributed by atoms with Crippen LogP contribution in [-0.4, -0.2) is 14.2 Å². The lowest BCUT2D eigenvalue weighted by atomic mass is 10.1. The van der Waals surface area contributed by atoms with Crippen LogP contribution in [-0.2, 0) is 5.33 Å². The van der Waals surface area contributed by atoms with Gasteiger partial charge in [0.1, 0.15) is 11.5 Å². The van der Waals surface area contributed by atoms with E-state index in [0.717, 1.165) is 5.56 Å². The van der Waals surface area contributed by atoms with E-state index in [2.05, 4.69) is 22.0 Å². The van der Waals surface area contributed by atoms with E-state index in [0.29, 0.717) is 22.4 Å². The Bertz CT molecular complexity index is 346. The smallest absolute Gasteiger partial charge is 0.127 e. The highest BCUT2D eigenvalue weighted by atomic mass is 79.9. The summed E-state index contributed by atoms with van der Waals surface area (Å²) in [6.07, 6.45) is 0. The fourth-order valence-electron chi connectivity index (χ4n) is 1.18. The van der Waals surface area contributed by atoms with Gasteiger partial charge in [0.15, 0.2) is 0 Å². The molecule has 0 unspecified atom stereocenters. The molecule has 0 saturated heterocycles. The topological polar surface area (TPSA) is 42.2 Å². The fraction of sp³-hybridized carbons (Fsp3) is 0.300. The highest BCUT2D eigenvalue weighted by molar-refractivity contribution is 9.08. The molecule has 0 N–H and O–H groups in total. The SMILES string of the molecule is COc1cc(C#N)cc(OC)c1CBr. The third-order valence-electron chi connectivity index (χ3n) is 1.87. The molecular formula is C10H10BrNO2. The number of halogens is 1. The quantitative estimate of drug-likeness (QED) is 0.780. The van der Waals surface area contributed by atoms with Crippen molar-refractivity contribution in [1.82, 2.24) is 0 Å². The van der Waals surface area contributed by atoms with Crippen LogP contribution in [0.3, 0.4) is 0 Å². The minimum atomic E-state index is 0.531. The van der Waals surface area contributed by atoms with Gasteiger partial charge in [-0.15, -0.1) is 0 Å². The molecule has 74 valence electrons. The molecule has 1 aromatic rings. The van der Waals surface area contributed by atoms with Gasteiger partial charge in [0.2, 0.25) is 0 Å². The molecule has 0 aromatic heterocycles. The number of benzene rings is 1. The lowest BCUT2D eigenvalue weighted by Crippen LogP contribution is -1.95. The number of alkyl halides is 1. The van der Waals surface area contributed by atoms with Crippen molar-refractivity contribution in [2.75, 3.05) is 14.2 Å². The molecular weight excluding hydrogens is 246 g/mol. The molecule has 0 aliphatic heterocycles. The van der Waals surface area contributed by atoms with Crippen molar-refractivity contribution in [2.45, 2.75) is 5.33 Å². The van der Waals surface area contributed by atoms with Crippen molar-refractivity contribution in [3.05, 3.63) is 23.3 Å². The van der Waals surface area contributed by atoms with E-state index in [4.69, 9.17) is 14.7 Å². The molecule has 4 heteroatoms. The zero-order chi connectivity index (χ0) is 10.6. The molecule has 14 heavy (non-hydrogen) atoms. The molecule has 0 fully saturated rings. The van der Waals surface area contributed by atoms with Crippen molar-refractivity contribution in [1.29, 1.82) is 5.26 Å². The number of hydrogen-bond donors (Lipinski definition) is 0.